The molecule has 0 saturated carbocycles. The molecule has 3 aliphatic rings. The number of nitrogens with one attached hydrogen (secondary N) is 1. The third-order valence-corrected chi connectivity index (χ3v) is 8.78. The number of aromatic nitrogens is 3. The molecule has 0 radical (unpaired) electrons. The van der Waals surface area contributed by atoms with Crippen LogP contribution in [0.1, 0.15) is 57.7 Å². The zero-order valence-electron chi connectivity index (χ0n) is 27.3. The van der Waals surface area contributed by atoms with Crippen LogP contribution in [-0.2, 0) is 48.3 Å². The fraction of sp³-hybridized carbons (Fsp3) is 0.656. The van der Waals surface area contributed by atoms with Gasteiger partial charge in [-0.25, -0.2) is 9.59 Å². The number of amides is 2. The van der Waals surface area contributed by atoms with E-state index in [1.165, 1.54) is 4.68 Å². The average molecular weight is 676 g/mol. The number of fused-ring (bicyclic) bond motifs is 1. The molecule has 3 aliphatic heterocycles. The van der Waals surface area contributed by atoms with Crippen LogP contribution in [0.5, 0.6) is 0 Å². The summed E-state index contributed by atoms with van der Waals surface area (Å²) in [6, 6.07) is 7.11. The maximum Gasteiger partial charge on any atom is 0.408 e. The van der Waals surface area contributed by atoms with E-state index in [0.29, 0.717) is 31.4 Å². The molecule has 264 valence electrons. The zero-order chi connectivity index (χ0) is 34.6. The Kier molecular flexibility index (Phi) is 11.3. The van der Waals surface area contributed by atoms with E-state index in [-0.39, 0.29) is 25.8 Å². The van der Waals surface area contributed by atoms with Crippen molar-refractivity contribution < 1.29 is 53.8 Å². The third kappa shape index (κ3) is 8.48. The average Bonchev–Trinajstić information content (AvgIpc) is 3.67. The van der Waals surface area contributed by atoms with E-state index >= 15 is 0 Å². The fourth-order valence-corrected chi connectivity index (χ4v) is 6.41. The Morgan fingerprint density at radius 2 is 1.75 bits per heavy atom. The molecule has 3 unspecified atom stereocenters. The molecule has 5 rings (SSSR count). The molecule has 4 heterocycles. The highest BCUT2D eigenvalue weighted by atomic mass is 16.7. The van der Waals surface area contributed by atoms with E-state index in [2.05, 4.69) is 15.6 Å². The lowest BCUT2D eigenvalue weighted by atomic mass is 9.93. The van der Waals surface area contributed by atoms with Gasteiger partial charge in [0.25, 0.3) is 0 Å². The fourth-order valence-electron chi connectivity index (χ4n) is 6.41. The summed E-state index contributed by atoms with van der Waals surface area (Å²) in [5.74, 6) is -1.34. The van der Waals surface area contributed by atoms with Crippen molar-refractivity contribution in [2.75, 3.05) is 6.61 Å². The van der Waals surface area contributed by atoms with Gasteiger partial charge >= 0.3 is 12.1 Å². The normalized spacial score (nSPS) is 30.8. The predicted octanol–water partition coefficient (Wildman–Crippen LogP) is 0.000900. The van der Waals surface area contributed by atoms with Gasteiger partial charge in [-0.3, -0.25) is 9.48 Å². The Bertz CT molecular complexity index is 1400. The van der Waals surface area contributed by atoms with Crippen LogP contribution in [0.25, 0.3) is 0 Å². The number of carbonyl (C=O) groups is 3. The van der Waals surface area contributed by atoms with Crippen LogP contribution in [0.3, 0.4) is 0 Å². The lowest BCUT2D eigenvalue weighted by Gasteiger charge is -2.39. The van der Waals surface area contributed by atoms with E-state index in [1.807, 2.05) is 30.3 Å². The maximum absolute atomic E-state index is 14.2. The lowest BCUT2D eigenvalue weighted by Crippen LogP contribution is -2.59. The molecule has 16 heteroatoms. The summed E-state index contributed by atoms with van der Waals surface area (Å²) in [6.07, 6.45) is -4.13. The Morgan fingerprint density at radius 1 is 1.02 bits per heavy atom. The summed E-state index contributed by atoms with van der Waals surface area (Å²) in [5.41, 5.74) is 0.384. The van der Waals surface area contributed by atoms with Crippen LogP contribution < -0.4 is 5.32 Å². The topological polar surface area (TPSA) is 215 Å². The summed E-state index contributed by atoms with van der Waals surface area (Å²) in [5, 5.41) is 50.7. The molecule has 3 fully saturated rings. The molecule has 9 atom stereocenters. The SMILES string of the molecule is CC(C)(C)OC(=O)[C@@H]1CCC2CCC(Cn3cc(CO[C@@H]4O[C@H](CO)[C@@H](O)[C@H](O)[C@H]4O)nn3)C(NC(=O)OCc3ccccc3)C(=O)N21. The van der Waals surface area contributed by atoms with Crippen molar-refractivity contribution in [1.82, 2.24) is 25.2 Å². The van der Waals surface area contributed by atoms with Gasteiger partial charge in [-0.15, -0.1) is 5.10 Å². The quantitative estimate of drug-likeness (QED) is 0.210. The highest BCUT2D eigenvalue weighted by Crippen LogP contribution is 2.35. The number of esters is 1. The first-order chi connectivity index (χ1) is 22.8. The molecule has 1 aromatic carbocycles. The summed E-state index contributed by atoms with van der Waals surface area (Å²) in [6.45, 7) is 4.72. The van der Waals surface area contributed by atoms with Crippen molar-refractivity contribution in [1.29, 1.82) is 0 Å². The number of hydrogen-bond acceptors (Lipinski definition) is 13. The van der Waals surface area contributed by atoms with E-state index in [1.54, 1.807) is 31.9 Å². The van der Waals surface area contributed by atoms with Crippen molar-refractivity contribution in [3.63, 3.8) is 0 Å². The van der Waals surface area contributed by atoms with E-state index in [9.17, 15) is 34.8 Å². The number of rotatable bonds is 10. The molecule has 0 bridgehead atoms. The van der Waals surface area contributed by atoms with Crippen LogP contribution in [0, 0.1) is 5.92 Å². The first-order valence-electron chi connectivity index (χ1n) is 16.2. The maximum atomic E-state index is 14.2. The summed E-state index contributed by atoms with van der Waals surface area (Å²) in [7, 11) is 0. The Balaban J connectivity index is 1.29. The standard InChI is InChI=1S/C32H45N5O11/c1-32(2,3)48-29(43)22-12-11-21-10-9-19(24(28(42)37(21)22)33-31(44)46-16-18-7-5-4-6-8-18)13-36-14-20(34-35-36)17-45-30-27(41)26(40)25(39)23(15-38)47-30/h4-8,14,19,21-27,30,38-41H,9-13,15-17H2,1-3H3,(H,33,44)/t19?,21?,22-,23+,24?,25+,26-,27+,30+/m0/s1. The number of benzene rings is 1. The van der Waals surface area contributed by atoms with Crippen LogP contribution in [0.2, 0.25) is 0 Å². The van der Waals surface area contributed by atoms with Crippen molar-refractivity contribution in [2.45, 2.75) is 121 Å². The van der Waals surface area contributed by atoms with Crippen LogP contribution in [0.4, 0.5) is 4.79 Å². The van der Waals surface area contributed by atoms with E-state index in [4.69, 9.17) is 18.9 Å². The van der Waals surface area contributed by atoms with E-state index in [0.717, 1.165) is 5.56 Å². The Morgan fingerprint density at radius 3 is 2.46 bits per heavy atom. The molecule has 0 spiro atoms. The monoisotopic (exact) mass is 675 g/mol. The molecule has 5 N–H and O–H groups in total. The Hall–Kier alpha value is -3.67. The minimum Gasteiger partial charge on any atom is -0.458 e. The molecule has 1 aromatic heterocycles. The van der Waals surface area contributed by atoms with Gasteiger partial charge in [0.2, 0.25) is 5.91 Å². The van der Waals surface area contributed by atoms with E-state index < -0.39 is 78.9 Å². The first kappa shape index (κ1) is 35.6. The van der Waals surface area contributed by atoms with Gasteiger partial charge in [0.05, 0.1) is 19.4 Å². The second-order valence-corrected chi connectivity index (χ2v) is 13.5. The summed E-state index contributed by atoms with van der Waals surface area (Å²) >= 11 is 0. The number of alkyl carbamates (subject to hydrolysis) is 1. The molecule has 48 heavy (non-hydrogen) atoms. The zero-order valence-corrected chi connectivity index (χ0v) is 27.3. The first-order valence-corrected chi connectivity index (χ1v) is 16.2. The van der Waals surface area contributed by atoms with Gasteiger partial charge in [0.15, 0.2) is 6.29 Å². The largest absolute Gasteiger partial charge is 0.458 e. The molecule has 16 nitrogen and oxygen atoms in total. The lowest BCUT2D eigenvalue weighted by molar-refractivity contribution is -0.304. The number of aliphatic hydroxyl groups excluding tert-OH is 4. The number of aliphatic hydroxyl groups is 4. The van der Waals surface area contributed by atoms with Gasteiger partial charge in [-0.2, -0.15) is 0 Å². The molecular formula is C32H45N5O11. The van der Waals surface area contributed by atoms with Gasteiger partial charge < -0.3 is 49.6 Å². The summed E-state index contributed by atoms with van der Waals surface area (Å²) < 4.78 is 23.6. The minimum absolute atomic E-state index is 0.00596. The Labute approximate surface area is 277 Å². The van der Waals surface area contributed by atoms with Crippen LogP contribution in [0.15, 0.2) is 36.5 Å². The third-order valence-electron chi connectivity index (χ3n) is 8.78. The van der Waals surface area contributed by atoms with Crippen LogP contribution >= 0.6 is 0 Å². The molecule has 2 aromatic rings. The van der Waals surface area contributed by atoms with Gasteiger partial charge in [0.1, 0.15) is 54.4 Å². The van der Waals surface area contributed by atoms with Crippen molar-refractivity contribution in [3.8, 4) is 0 Å². The number of nitrogens with zero attached hydrogens (tertiary/aromatic N) is 4. The molecule has 0 aliphatic carbocycles. The smallest absolute Gasteiger partial charge is 0.408 e. The summed E-state index contributed by atoms with van der Waals surface area (Å²) in [4.78, 5) is 42.0. The molecule has 3 saturated heterocycles. The number of hydrogen-bond donors (Lipinski definition) is 5. The predicted molar refractivity (Wildman–Crippen MR) is 164 cm³/mol. The van der Waals surface area contributed by atoms with Gasteiger partial charge in [0, 0.05) is 18.5 Å². The van der Waals surface area contributed by atoms with Crippen molar-refractivity contribution >= 4 is 18.0 Å². The highest BCUT2D eigenvalue weighted by molar-refractivity contribution is 5.91. The molecule has 2 amide bonds. The number of carbonyl (C=O) groups excluding carboxylic acids is 3. The van der Waals surface area contributed by atoms with Gasteiger partial charge in [-0.1, -0.05) is 35.5 Å². The second-order valence-electron chi connectivity index (χ2n) is 13.5. The second kappa shape index (κ2) is 15.3. The van der Waals surface area contributed by atoms with Crippen molar-refractivity contribution in [3.05, 3.63) is 47.8 Å². The highest BCUT2D eigenvalue weighted by Gasteiger charge is 2.49. The van der Waals surface area contributed by atoms with Gasteiger partial charge in [-0.05, 0) is 52.0 Å². The minimum atomic E-state index is -1.58. The van der Waals surface area contributed by atoms with Crippen LogP contribution in [-0.4, -0.2) is 119 Å². The van der Waals surface area contributed by atoms with Crippen molar-refractivity contribution in [2.24, 2.45) is 5.92 Å². The molecular weight excluding hydrogens is 630 g/mol. The number of ether oxygens (including phenoxy) is 4.